The predicted octanol–water partition coefficient (Wildman–Crippen LogP) is 4.18. The van der Waals surface area contributed by atoms with Crippen LogP contribution < -0.4 is 5.32 Å². The van der Waals surface area contributed by atoms with Crippen molar-refractivity contribution in [2.24, 2.45) is 0 Å². The first-order chi connectivity index (χ1) is 13.5. The number of rotatable bonds is 4. The van der Waals surface area contributed by atoms with Crippen LogP contribution in [0.2, 0.25) is 0 Å². The van der Waals surface area contributed by atoms with Crippen molar-refractivity contribution >= 4 is 34.4 Å². The molecular formula is C21H21N3O3S. The molecule has 1 aromatic heterocycles. The smallest absolute Gasteiger partial charge is 0.410 e. The van der Waals surface area contributed by atoms with Gasteiger partial charge in [-0.25, -0.2) is 4.79 Å². The normalized spacial score (nSPS) is 13.5. The first kappa shape index (κ1) is 19.6. The standard InChI is InChI=1S/C21H21N3O3S/c1-3-27-21(26)24-10-9-16-17(12-22)20(28-18(16)13-24)23-19(25)14(2)11-15-7-5-4-6-8-15/h4-8,11H,3,9-10,13H2,1-2H3,(H,23,25)/b14-11-. The van der Waals surface area contributed by atoms with Gasteiger partial charge in [-0.3, -0.25) is 4.79 Å². The number of anilines is 1. The third kappa shape index (κ3) is 4.24. The van der Waals surface area contributed by atoms with E-state index in [1.54, 1.807) is 24.8 Å². The van der Waals surface area contributed by atoms with Gasteiger partial charge in [0, 0.05) is 17.0 Å². The fourth-order valence-electron chi connectivity index (χ4n) is 3.05. The molecule has 1 aromatic carbocycles. The Morgan fingerprint density at radius 3 is 2.79 bits per heavy atom. The van der Waals surface area contributed by atoms with Gasteiger partial charge in [0.2, 0.25) is 0 Å². The van der Waals surface area contributed by atoms with Crippen molar-refractivity contribution < 1.29 is 14.3 Å². The molecule has 0 unspecified atom stereocenters. The summed E-state index contributed by atoms with van der Waals surface area (Å²) in [5.74, 6) is -0.249. The van der Waals surface area contributed by atoms with Gasteiger partial charge in [-0.15, -0.1) is 11.3 Å². The second kappa shape index (κ2) is 8.72. The van der Waals surface area contributed by atoms with Crippen LogP contribution in [0.4, 0.5) is 9.80 Å². The van der Waals surface area contributed by atoms with Crippen molar-refractivity contribution in [3.05, 3.63) is 57.5 Å². The molecule has 7 heteroatoms. The van der Waals surface area contributed by atoms with Crippen molar-refractivity contribution in [3.63, 3.8) is 0 Å². The topological polar surface area (TPSA) is 82.4 Å². The molecule has 1 aliphatic heterocycles. The van der Waals surface area contributed by atoms with Crippen LogP contribution >= 0.6 is 11.3 Å². The van der Waals surface area contributed by atoms with E-state index in [1.165, 1.54) is 11.3 Å². The highest BCUT2D eigenvalue weighted by Gasteiger charge is 2.28. The summed E-state index contributed by atoms with van der Waals surface area (Å²) in [4.78, 5) is 27.1. The van der Waals surface area contributed by atoms with Crippen molar-refractivity contribution in [1.82, 2.24) is 4.90 Å². The van der Waals surface area contributed by atoms with Crippen molar-refractivity contribution in [2.45, 2.75) is 26.8 Å². The lowest BCUT2D eigenvalue weighted by atomic mass is 10.0. The summed E-state index contributed by atoms with van der Waals surface area (Å²) in [6.07, 6.45) is 2.02. The largest absolute Gasteiger partial charge is 0.450 e. The molecule has 6 nitrogen and oxygen atoms in total. The highest BCUT2D eigenvalue weighted by atomic mass is 32.1. The highest BCUT2D eigenvalue weighted by Crippen LogP contribution is 2.37. The molecule has 0 radical (unpaired) electrons. The quantitative estimate of drug-likeness (QED) is 0.788. The lowest BCUT2D eigenvalue weighted by Crippen LogP contribution is -2.35. The van der Waals surface area contributed by atoms with Gasteiger partial charge in [-0.1, -0.05) is 30.3 Å². The molecule has 0 spiro atoms. The van der Waals surface area contributed by atoms with Crippen molar-refractivity contribution in [1.29, 1.82) is 5.26 Å². The summed E-state index contributed by atoms with van der Waals surface area (Å²) in [7, 11) is 0. The molecule has 144 valence electrons. The summed E-state index contributed by atoms with van der Waals surface area (Å²) in [6, 6.07) is 11.8. The minimum Gasteiger partial charge on any atom is -0.450 e. The van der Waals surface area contributed by atoms with Crippen LogP contribution in [0.3, 0.4) is 0 Å². The molecule has 1 N–H and O–H groups in total. The predicted molar refractivity (Wildman–Crippen MR) is 109 cm³/mol. The number of nitrogens with zero attached hydrogens (tertiary/aromatic N) is 2. The van der Waals surface area contributed by atoms with Crippen LogP contribution in [-0.2, 0) is 22.5 Å². The molecule has 2 aromatic rings. The molecule has 0 fully saturated rings. The molecule has 1 aliphatic rings. The zero-order chi connectivity index (χ0) is 20.1. The molecule has 0 bridgehead atoms. The third-order valence-electron chi connectivity index (χ3n) is 4.46. The summed E-state index contributed by atoms with van der Waals surface area (Å²) in [5.41, 5.74) is 2.89. The Kier molecular flexibility index (Phi) is 6.12. The zero-order valence-electron chi connectivity index (χ0n) is 15.8. The molecule has 0 aliphatic carbocycles. The van der Waals surface area contributed by atoms with Gasteiger partial charge >= 0.3 is 6.09 Å². The van der Waals surface area contributed by atoms with E-state index in [0.717, 1.165) is 16.0 Å². The van der Waals surface area contributed by atoms with E-state index < -0.39 is 0 Å². The summed E-state index contributed by atoms with van der Waals surface area (Å²) in [6.45, 7) is 4.72. The lowest BCUT2D eigenvalue weighted by molar-refractivity contribution is -0.112. The summed E-state index contributed by atoms with van der Waals surface area (Å²) >= 11 is 1.35. The van der Waals surface area contributed by atoms with E-state index in [4.69, 9.17) is 4.74 Å². The Morgan fingerprint density at radius 1 is 1.36 bits per heavy atom. The van der Waals surface area contributed by atoms with Gasteiger partial charge in [-0.05, 0) is 37.5 Å². The number of thiophene rings is 1. The van der Waals surface area contributed by atoms with Gasteiger partial charge in [0.25, 0.3) is 5.91 Å². The first-order valence-corrected chi connectivity index (χ1v) is 9.86. The average molecular weight is 395 g/mol. The number of benzene rings is 1. The van der Waals surface area contributed by atoms with E-state index in [0.29, 0.717) is 42.3 Å². The number of carbonyl (C=O) groups is 2. The van der Waals surface area contributed by atoms with Crippen LogP contribution in [0.5, 0.6) is 0 Å². The van der Waals surface area contributed by atoms with E-state index in [2.05, 4.69) is 11.4 Å². The minimum atomic E-state index is -0.354. The third-order valence-corrected chi connectivity index (χ3v) is 5.59. The number of hydrogen-bond acceptors (Lipinski definition) is 5. The van der Waals surface area contributed by atoms with Gasteiger partial charge < -0.3 is 15.0 Å². The maximum atomic E-state index is 12.6. The molecule has 2 heterocycles. The van der Waals surface area contributed by atoms with Gasteiger partial charge in [0.05, 0.1) is 18.7 Å². The van der Waals surface area contributed by atoms with E-state index in [9.17, 15) is 14.9 Å². The Balaban J connectivity index is 1.78. The number of fused-ring (bicyclic) bond motifs is 1. The second-order valence-electron chi connectivity index (χ2n) is 6.38. The Labute approximate surface area is 168 Å². The minimum absolute atomic E-state index is 0.249. The Morgan fingerprint density at radius 2 is 2.11 bits per heavy atom. The fraction of sp³-hybridized carbons (Fsp3) is 0.286. The zero-order valence-corrected chi connectivity index (χ0v) is 16.6. The van der Waals surface area contributed by atoms with Crippen LogP contribution in [0.25, 0.3) is 6.08 Å². The van der Waals surface area contributed by atoms with Gasteiger partial charge in [0.15, 0.2) is 0 Å². The second-order valence-corrected chi connectivity index (χ2v) is 7.49. The summed E-state index contributed by atoms with van der Waals surface area (Å²) in [5, 5.41) is 13.0. The van der Waals surface area contributed by atoms with Crippen LogP contribution in [0.15, 0.2) is 35.9 Å². The number of ether oxygens (including phenoxy) is 1. The Bertz CT molecular complexity index is 957. The maximum Gasteiger partial charge on any atom is 0.410 e. The molecule has 0 saturated carbocycles. The Hall–Kier alpha value is -3.11. The molecule has 0 atom stereocenters. The highest BCUT2D eigenvalue weighted by molar-refractivity contribution is 7.16. The van der Waals surface area contributed by atoms with Crippen LogP contribution in [0.1, 0.15) is 35.4 Å². The molecule has 0 saturated heterocycles. The number of amides is 2. The van der Waals surface area contributed by atoms with Gasteiger partial charge in [0.1, 0.15) is 11.1 Å². The molecular weight excluding hydrogens is 374 g/mol. The maximum absolute atomic E-state index is 12.6. The number of nitrogens with one attached hydrogen (secondary N) is 1. The summed E-state index contributed by atoms with van der Waals surface area (Å²) < 4.78 is 5.06. The molecule has 28 heavy (non-hydrogen) atoms. The average Bonchev–Trinajstić information content (AvgIpc) is 3.04. The van der Waals surface area contributed by atoms with Crippen LogP contribution in [-0.4, -0.2) is 30.1 Å². The SMILES string of the molecule is CCOC(=O)N1CCc2c(sc(NC(=O)/C(C)=C\c3ccccc3)c2C#N)C1. The lowest BCUT2D eigenvalue weighted by Gasteiger charge is -2.25. The van der Waals surface area contributed by atoms with E-state index in [-0.39, 0.29) is 12.0 Å². The number of nitriles is 1. The molecule has 3 rings (SSSR count). The first-order valence-electron chi connectivity index (χ1n) is 9.04. The number of carbonyl (C=O) groups excluding carboxylic acids is 2. The van der Waals surface area contributed by atoms with Crippen molar-refractivity contribution in [3.8, 4) is 6.07 Å². The van der Waals surface area contributed by atoms with E-state index in [1.807, 2.05) is 30.3 Å². The van der Waals surface area contributed by atoms with Gasteiger partial charge in [-0.2, -0.15) is 5.26 Å². The van der Waals surface area contributed by atoms with Crippen LogP contribution in [0, 0.1) is 11.3 Å². The van der Waals surface area contributed by atoms with Crippen molar-refractivity contribution in [2.75, 3.05) is 18.5 Å². The molecule has 2 amide bonds. The monoisotopic (exact) mass is 395 g/mol. The van der Waals surface area contributed by atoms with E-state index >= 15 is 0 Å². The number of hydrogen-bond donors (Lipinski definition) is 1. The fourth-order valence-corrected chi connectivity index (χ4v) is 4.26.